The number of hydrogen-bond donors (Lipinski definition) is 5. The topological polar surface area (TPSA) is 123 Å². The number of hydrogen-bond acceptors (Lipinski definition) is 4. The number of aliphatic hydroxyl groups excluding tert-OH is 1. The Hall–Kier alpha value is -2.87. The molecule has 0 spiro atoms. The van der Waals surface area contributed by atoms with E-state index in [2.05, 4.69) is 20.9 Å². The summed E-state index contributed by atoms with van der Waals surface area (Å²) in [6.07, 6.45) is 1.52. The number of rotatable bonds is 9. The van der Waals surface area contributed by atoms with E-state index in [1.54, 1.807) is 6.07 Å². The Morgan fingerprint density at radius 2 is 2.03 bits per heavy atom. The van der Waals surface area contributed by atoms with Crippen LogP contribution in [-0.4, -0.2) is 53.0 Å². The summed E-state index contributed by atoms with van der Waals surface area (Å²) < 4.78 is 0. The molecule has 31 heavy (non-hydrogen) atoms. The molecule has 3 amide bonds. The third-order valence-corrected chi connectivity index (χ3v) is 5.75. The molecule has 0 radical (unpaired) electrons. The van der Waals surface area contributed by atoms with Crippen molar-refractivity contribution in [3.8, 4) is 0 Å². The molecule has 0 aliphatic carbocycles. The summed E-state index contributed by atoms with van der Waals surface area (Å²) in [6, 6.07) is 6.31. The molecule has 8 heteroatoms. The minimum Gasteiger partial charge on any atom is -0.394 e. The number of amides is 3. The molecular formula is C23H32N4O4. The highest BCUT2D eigenvalue weighted by molar-refractivity contribution is 6.00. The molecule has 3 atom stereocenters. The van der Waals surface area contributed by atoms with Crippen LogP contribution in [0.4, 0.5) is 0 Å². The van der Waals surface area contributed by atoms with Crippen LogP contribution in [0.15, 0.2) is 24.3 Å². The summed E-state index contributed by atoms with van der Waals surface area (Å²) in [6.45, 7) is 6.29. The number of fused-ring (bicyclic) bond motifs is 1. The number of carbonyl (C=O) groups excluding carboxylic acids is 3. The second kappa shape index (κ2) is 9.96. The molecule has 5 N–H and O–H groups in total. The van der Waals surface area contributed by atoms with Crippen LogP contribution in [0.1, 0.15) is 49.2 Å². The van der Waals surface area contributed by atoms with Gasteiger partial charge in [-0.25, -0.2) is 0 Å². The summed E-state index contributed by atoms with van der Waals surface area (Å²) in [5.74, 6) is -0.799. The zero-order valence-electron chi connectivity index (χ0n) is 18.3. The Balaban J connectivity index is 1.69. The maximum Gasteiger partial charge on any atom is 0.268 e. The third kappa shape index (κ3) is 5.64. The number of H-pyrrole nitrogens is 1. The van der Waals surface area contributed by atoms with Crippen molar-refractivity contribution in [1.29, 1.82) is 0 Å². The molecule has 0 saturated carbocycles. The van der Waals surface area contributed by atoms with Gasteiger partial charge in [-0.05, 0) is 49.8 Å². The van der Waals surface area contributed by atoms with E-state index < -0.39 is 12.1 Å². The van der Waals surface area contributed by atoms with Gasteiger partial charge in [0.15, 0.2) is 0 Å². The van der Waals surface area contributed by atoms with Crippen molar-refractivity contribution < 1.29 is 19.5 Å². The SMILES string of the molecule is Cc1cccc2[nH]c(C(=O)N[C@@H](CC(C)C)C(=O)N[C@H](CO)C[C@@H]3CCNC3=O)cc12. The van der Waals surface area contributed by atoms with Crippen molar-refractivity contribution in [3.63, 3.8) is 0 Å². The number of carbonyl (C=O) groups is 3. The normalized spacial score (nSPS) is 18.1. The minimum absolute atomic E-state index is 0.0474. The van der Waals surface area contributed by atoms with Crippen LogP contribution in [0.3, 0.4) is 0 Å². The van der Waals surface area contributed by atoms with Gasteiger partial charge in [0.2, 0.25) is 11.8 Å². The molecule has 1 saturated heterocycles. The van der Waals surface area contributed by atoms with Crippen molar-refractivity contribution in [1.82, 2.24) is 20.9 Å². The zero-order chi connectivity index (χ0) is 22.5. The van der Waals surface area contributed by atoms with Crippen LogP contribution in [0, 0.1) is 18.8 Å². The smallest absolute Gasteiger partial charge is 0.268 e. The maximum atomic E-state index is 12.9. The monoisotopic (exact) mass is 428 g/mol. The van der Waals surface area contributed by atoms with Gasteiger partial charge in [-0.3, -0.25) is 14.4 Å². The Labute approximate surface area is 182 Å². The van der Waals surface area contributed by atoms with E-state index in [0.717, 1.165) is 16.5 Å². The van der Waals surface area contributed by atoms with Gasteiger partial charge in [0.25, 0.3) is 5.91 Å². The van der Waals surface area contributed by atoms with E-state index in [-0.39, 0.29) is 36.2 Å². The van der Waals surface area contributed by atoms with Gasteiger partial charge in [0.1, 0.15) is 11.7 Å². The van der Waals surface area contributed by atoms with Crippen LogP contribution in [0.5, 0.6) is 0 Å². The van der Waals surface area contributed by atoms with Crippen molar-refractivity contribution in [2.75, 3.05) is 13.2 Å². The fourth-order valence-electron chi connectivity index (χ4n) is 4.06. The average Bonchev–Trinajstić information content (AvgIpc) is 3.33. The highest BCUT2D eigenvalue weighted by atomic mass is 16.3. The van der Waals surface area contributed by atoms with Crippen molar-refractivity contribution >= 4 is 28.6 Å². The average molecular weight is 429 g/mol. The molecule has 2 aromatic rings. The van der Waals surface area contributed by atoms with E-state index >= 15 is 0 Å². The van der Waals surface area contributed by atoms with Gasteiger partial charge in [-0.2, -0.15) is 0 Å². The van der Waals surface area contributed by atoms with Gasteiger partial charge in [-0.1, -0.05) is 26.0 Å². The maximum absolute atomic E-state index is 12.9. The first-order valence-corrected chi connectivity index (χ1v) is 10.9. The van der Waals surface area contributed by atoms with E-state index in [4.69, 9.17) is 0 Å². The summed E-state index contributed by atoms with van der Waals surface area (Å²) in [7, 11) is 0. The van der Waals surface area contributed by atoms with Crippen molar-refractivity contribution in [3.05, 3.63) is 35.5 Å². The van der Waals surface area contributed by atoms with E-state index in [0.29, 0.717) is 31.5 Å². The van der Waals surface area contributed by atoms with Crippen LogP contribution < -0.4 is 16.0 Å². The number of aromatic amines is 1. The molecule has 0 bridgehead atoms. The van der Waals surface area contributed by atoms with Gasteiger partial charge in [0.05, 0.1) is 12.6 Å². The molecule has 8 nitrogen and oxygen atoms in total. The summed E-state index contributed by atoms with van der Waals surface area (Å²) in [5, 5.41) is 19.1. The predicted molar refractivity (Wildman–Crippen MR) is 118 cm³/mol. The molecule has 1 aliphatic heterocycles. The van der Waals surface area contributed by atoms with Gasteiger partial charge in [-0.15, -0.1) is 0 Å². The fraction of sp³-hybridized carbons (Fsp3) is 0.522. The first kappa shape index (κ1) is 22.8. The standard InChI is InChI=1S/C23H32N4O4/c1-13(2)9-19(22(30)25-16(12-28)10-15-7-8-24-21(15)29)27-23(31)20-11-17-14(3)5-4-6-18(17)26-20/h4-6,11,13,15-16,19,26,28H,7-10,12H2,1-3H3,(H,24,29)(H,25,30)(H,27,31)/t15-,16-,19-/m0/s1. The second-order valence-electron chi connectivity index (χ2n) is 8.78. The molecule has 0 unspecified atom stereocenters. The van der Waals surface area contributed by atoms with E-state index in [9.17, 15) is 19.5 Å². The van der Waals surface area contributed by atoms with Gasteiger partial charge >= 0.3 is 0 Å². The van der Waals surface area contributed by atoms with Crippen LogP contribution in [0.25, 0.3) is 10.9 Å². The summed E-state index contributed by atoms with van der Waals surface area (Å²) >= 11 is 0. The first-order chi connectivity index (χ1) is 14.8. The quantitative estimate of drug-likeness (QED) is 0.416. The Kier molecular flexibility index (Phi) is 7.33. The Bertz CT molecular complexity index is 952. The molecule has 168 valence electrons. The van der Waals surface area contributed by atoms with Crippen molar-refractivity contribution in [2.24, 2.45) is 11.8 Å². The molecule has 1 fully saturated rings. The summed E-state index contributed by atoms with van der Waals surface area (Å²) in [5.41, 5.74) is 2.32. The first-order valence-electron chi connectivity index (χ1n) is 10.9. The van der Waals surface area contributed by atoms with Crippen LogP contribution >= 0.6 is 0 Å². The zero-order valence-corrected chi connectivity index (χ0v) is 18.3. The molecule has 1 aromatic carbocycles. The Morgan fingerprint density at radius 3 is 2.65 bits per heavy atom. The van der Waals surface area contributed by atoms with Gasteiger partial charge < -0.3 is 26.0 Å². The lowest BCUT2D eigenvalue weighted by molar-refractivity contribution is -0.126. The molecule has 1 aliphatic rings. The number of aliphatic hydroxyl groups is 1. The van der Waals surface area contributed by atoms with Crippen LogP contribution in [-0.2, 0) is 9.59 Å². The van der Waals surface area contributed by atoms with E-state index in [1.165, 1.54) is 0 Å². The van der Waals surface area contributed by atoms with Crippen LogP contribution in [0.2, 0.25) is 0 Å². The second-order valence-corrected chi connectivity index (χ2v) is 8.78. The highest BCUT2D eigenvalue weighted by Crippen LogP contribution is 2.20. The molecule has 3 rings (SSSR count). The lowest BCUT2D eigenvalue weighted by Crippen LogP contribution is -2.51. The third-order valence-electron chi connectivity index (χ3n) is 5.75. The highest BCUT2D eigenvalue weighted by Gasteiger charge is 2.30. The molecule has 1 aromatic heterocycles. The lowest BCUT2D eigenvalue weighted by Gasteiger charge is -2.24. The summed E-state index contributed by atoms with van der Waals surface area (Å²) in [4.78, 5) is 40.8. The number of benzene rings is 1. The number of aromatic nitrogens is 1. The van der Waals surface area contributed by atoms with Crippen molar-refractivity contribution in [2.45, 2.75) is 52.1 Å². The lowest BCUT2D eigenvalue weighted by atomic mass is 9.97. The number of aryl methyl sites for hydroxylation is 1. The largest absolute Gasteiger partial charge is 0.394 e. The fourth-order valence-corrected chi connectivity index (χ4v) is 4.06. The van der Waals surface area contributed by atoms with E-state index in [1.807, 2.05) is 39.0 Å². The molecule has 2 heterocycles. The Morgan fingerprint density at radius 1 is 1.26 bits per heavy atom. The van der Waals surface area contributed by atoms with Gasteiger partial charge in [0, 0.05) is 23.4 Å². The minimum atomic E-state index is -0.744. The number of nitrogens with one attached hydrogen (secondary N) is 4. The molecular weight excluding hydrogens is 396 g/mol. The predicted octanol–water partition coefficient (Wildman–Crippen LogP) is 1.62.